The largest absolute Gasteiger partial charge is 0.491 e. The van der Waals surface area contributed by atoms with E-state index >= 15 is 0 Å². The van der Waals surface area contributed by atoms with Crippen molar-refractivity contribution >= 4 is 0 Å². The molecule has 0 radical (unpaired) electrons. The molecule has 94 valence electrons. The number of hydrogen-bond donors (Lipinski definition) is 1. The van der Waals surface area contributed by atoms with E-state index in [1.54, 1.807) is 0 Å². The highest BCUT2D eigenvalue weighted by Crippen LogP contribution is 2.31. The zero-order valence-corrected chi connectivity index (χ0v) is 10.6. The summed E-state index contributed by atoms with van der Waals surface area (Å²) in [5.74, 6) is 1.61. The lowest BCUT2D eigenvalue weighted by atomic mass is 10.1. The lowest BCUT2D eigenvalue weighted by molar-refractivity contribution is 0.109. The van der Waals surface area contributed by atoms with Crippen LogP contribution in [0.5, 0.6) is 5.75 Å². The van der Waals surface area contributed by atoms with Gasteiger partial charge in [0.05, 0.1) is 12.6 Å². The number of benzene rings is 1. The molecule has 0 fully saturated rings. The fraction of sp³-hybridized carbons (Fsp3) is 0.571. The van der Waals surface area contributed by atoms with Crippen LogP contribution in [0.3, 0.4) is 0 Å². The third-order valence-electron chi connectivity index (χ3n) is 2.79. The smallest absolute Gasteiger partial charge is 0.124 e. The average Bonchev–Trinajstić information content (AvgIpc) is 2.72. The molecule has 0 aliphatic carbocycles. The predicted octanol–water partition coefficient (Wildman–Crippen LogP) is 2.38. The van der Waals surface area contributed by atoms with Crippen LogP contribution < -0.4 is 10.1 Å². The highest BCUT2D eigenvalue weighted by Gasteiger charge is 2.22. The van der Waals surface area contributed by atoms with E-state index in [0.717, 1.165) is 32.1 Å². The van der Waals surface area contributed by atoms with Gasteiger partial charge in [0, 0.05) is 18.7 Å². The molecule has 0 aromatic heterocycles. The number of nitrogens with one attached hydrogen (secondary N) is 1. The lowest BCUT2D eigenvalue weighted by Crippen LogP contribution is -2.26. The Morgan fingerprint density at radius 3 is 3.06 bits per heavy atom. The molecule has 1 N–H and O–H groups in total. The van der Waals surface area contributed by atoms with Gasteiger partial charge in [0.15, 0.2) is 0 Å². The first-order valence-electron chi connectivity index (χ1n) is 6.30. The Kier molecular flexibility index (Phi) is 4.40. The Labute approximate surface area is 103 Å². The standard InChI is InChI=1S/C14H21NO2/c1-11(2)9-16-8-7-15-13-10-17-14-6-4-3-5-12(13)14/h3-6,11,13,15H,7-10H2,1-2H3. The van der Waals surface area contributed by atoms with Crippen molar-refractivity contribution in [3.8, 4) is 5.75 Å². The van der Waals surface area contributed by atoms with E-state index in [1.807, 2.05) is 12.1 Å². The fourth-order valence-corrected chi connectivity index (χ4v) is 1.96. The maximum Gasteiger partial charge on any atom is 0.124 e. The minimum absolute atomic E-state index is 0.314. The van der Waals surface area contributed by atoms with Crippen LogP contribution in [0.25, 0.3) is 0 Å². The molecule has 0 saturated heterocycles. The minimum Gasteiger partial charge on any atom is -0.491 e. The molecule has 1 atom stereocenters. The topological polar surface area (TPSA) is 30.5 Å². The zero-order valence-electron chi connectivity index (χ0n) is 10.6. The van der Waals surface area contributed by atoms with Crippen LogP contribution in [0.4, 0.5) is 0 Å². The van der Waals surface area contributed by atoms with E-state index in [0.29, 0.717) is 12.0 Å². The Balaban J connectivity index is 1.71. The summed E-state index contributed by atoms with van der Waals surface area (Å²) in [6.07, 6.45) is 0. The van der Waals surface area contributed by atoms with Crippen molar-refractivity contribution in [1.29, 1.82) is 0 Å². The summed E-state index contributed by atoms with van der Waals surface area (Å²) < 4.78 is 11.1. The highest BCUT2D eigenvalue weighted by atomic mass is 16.5. The van der Waals surface area contributed by atoms with Gasteiger partial charge in [0.2, 0.25) is 0 Å². The molecule has 3 heteroatoms. The van der Waals surface area contributed by atoms with Gasteiger partial charge in [0.1, 0.15) is 12.4 Å². The number of para-hydroxylation sites is 1. The van der Waals surface area contributed by atoms with Crippen molar-refractivity contribution in [2.75, 3.05) is 26.4 Å². The first-order chi connectivity index (χ1) is 8.27. The lowest BCUT2D eigenvalue weighted by Gasteiger charge is -2.12. The summed E-state index contributed by atoms with van der Waals surface area (Å²) in [4.78, 5) is 0. The van der Waals surface area contributed by atoms with Gasteiger partial charge in [-0.15, -0.1) is 0 Å². The van der Waals surface area contributed by atoms with Gasteiger partial charge in [-0.1, -0.05) is 32.0 Å². The van der Waals surface area contributed by atoms with Crippen LogP contribution in [-0.4, -0.2) is 26.4 Å². The van der Waals surface area contributed by atoms with Crippen molar-refractivity contribution in [3.63, 3.8) is 0 Å². The quantitative estimate of drug-likeness (QED) is 0.768. The van der Waals surface area contributed by atoms with Gasteiger partial charge >= 0.3 is 0 Å². The molecule has 0 saturated carbocycles. The van der Waals surface area contributed by atoms with Gasteiger partial charge in [0.25, 0.3) is 0 Å². The van der Waals surface area contributed by atoms with Crippen molar-refractivity contribution in [2.24, 2.45) is 5.92 Å². The molecule has 2 rings (SSSR count). The summed E-state index contributed by atoms with van der Waals surface area (Å²) in [7, 11) is 0. The first kappa shape index (κ1) is 12.4. The summed E-state index contributed by atoms with van der Waals surface area (Å²) in [6.45, 7) is 7.51. The molecule has 1 aliphatic rings. The monoisotopic (exact) mass is 235 g/mol. The molecule has 0 spiro atoms. The Morgan fingerprint density at radius 1 is 1.41 bits per heavy atom. The third kappa shape index (κ3) is 3.45. The first-order valence-corrected chi connectivity index (χ1v) is 6.30. The van der Waals surface area contributed by atoms with Crippen molar-refractivity contribution in [1.82, 2.24) is 5.32 Å². The molecular weight excluding hydrogens is 214 g/mol. The van der Waals surface area contributed by atoms with Crippen LogP contribution in [0, 0.1) is 5.92 Å². The van der Waals surface area contributed by atoms with E-state index in [-0.39, 0.29) is 0 Å². The molecule has 1 aromatic carbocycles. The summed E-state index contributed by atoms with van der Waals surface area (Å²) >= 11 is 0. The maximum atomic E-state index is 5.60. The van der Waals surface area contributed by atoms with Gasteiger partial charge in [-0.25, -0.2) is 0 Å². The van der Waals surface area contributed by atoms with E-state index in [2.05, 4.69) is 31.3 Å². The van der Waals surface area contributed by atoms with Crippen LogP contribution >= 0.6 is 0 Å². The Bertz CT molecular complexity index is 352. The second-order valence-electron chi connectivity index (χ2n) is 4.82. The van der Waals surface area contributed by atoms with Crippen molar-refractivity contribution in [2.45, 2.75) is 19.9 Å². The van der Waals surface area contributed by atoms with Crippen LogP contribution in [-0.2, 0) is 4.74 Å². The number of hydrogen-bond acceptors (Lipinski definition) is 3. The molecule has 1 aromatic rings. The molecular formula is C14H21NO2. The van der Waals surface area contributed by atoms with Gasteiger partial charge in [-0.05, 0) is 12.0 Å². The zero-order chi connectivity index (χ0) is 12.1. The van der Waals surface area contributed by atoms with E-state index in [1.165, 1.54) is 5.56 Å². The number of rotatable bonds is 6. The van der Waals surface area contributed by atoms with Crippen LogP contribution in [0.1, 0.15) is 25.5 Å². The third-order valence-corrected chi connectivity index (χ3v) is 2.79. The van der Waals surface area contributed by atoms with E-state index in [9.17, 15) is 0 Å². The Hall–Kier alpha value is -1.06. The number of ether oxygens (including phenoxy) is 2. The molecule has 1 heterocycles. The van der Waals surface area contributed by atoms with Crippen molar-refractivity contribution < 1.29 is 9.47 Å². The summed E-state index contributed by atoms with van der Waals surface area (Å²) in [5.41, 5.74) is 1.26. The van der Waals surface area contributed by atoms with Gasteiger partial charge in [-0.2, -0.15) is 0 Å². The molecule has 0 bridgehead atoms. The summed E-state index contributed by atoms with van der Waals surface area (Å²) in [5, 5.41) is 3.46. The van der Waals surface area contributed by atoms with Crippen molar-refractivity contribution in [3.05, 3.63) is 29.8 Å². The molecule has 1 unspecified atom stereocenters. The maximum absolute atomic E-state index is 5.60. The second-order valence-corrected chi connectivity index (χ2v) is 4.82. The average molecular weight is 235 g/mol. The predicted molar refractivity (Wildman–Crippen MR) is 68.3 cm³/mol. The Morgan fingerprint density at radius 2 is 2.24 bits per heavy atom. The molecule has 17 heavy (non-hydrogen) atoms. The number of fused-ring (bicyclic) bond motifs is 1. The highest BCUT2D eigenvalue weighted by molar-refractivity contribution is 5.39. The van der Waals surface area contributed by atoms with Gasteiger partial charge in [-0.3, -0.25) is 0 Å². The molecule has 3 nitrogen and oxygen atoms in total. The van der Waals surface area contributed by atoms with Gasteiger partial charge < -0.3 is 14.8 Å². The molecule has 1 aliphatic heterocycles. The van der Waals surface area contributed by atoms with E-state index < -0.39 is 0 Å². The van der Waals surface area contributed by atoms with Crippen LogP contribution in [0.2, 0.25) is 0 Å². The summed E-state index contributed by atoms with van der Waals surface area (Å²) in [6, 6.07) is 8.51. The van der Waals surface area contributed by atoms with E-state index in [4.69, 9.17) is 9.47 Å². The normalized spacial score (nSPS) is 18.2. The fourth-order valence-electron chi connectivity index (χ4n) is 1.96. The SMILES string of the molecule is CC(C)COCCNC1COc2ccccc21. The second kappa shape index (κ2) is 6.03. The minimum atomic E-state index is 0.314. The van der Waals surface area contributed by atoms with Crippen LogP contribution in [0.15, 0.2) is 24.3 Å². The molecule has 0 amide bonds.